The molecule has 4 unspecified atom stereocenters. The Morgan fingerprint density at radius 3 is 2.55 bits per heavy atom. The highest BCUT2D eigenvalue weighted by Gasteiger charge is 2.64. The van der Waals surface area contributed by atoms with E-state index in [4.69, 9.17) is 4.74 Å². The number of nitrogens with zero attached hydrogens (tertiary/aromatic N) is 1. The molecule has 176 valence electrons. The fourth-order valence-corrected chi connectivity index (χ4v) is 7.60. The number of ether oxygens (including phenoxy) is 1. The van der Waals surface area contributed by atoms with Crippen LogP contribution in [-0.4, -0.2) is 37.7 Å². The van der Waals surface area contributed by atoms with Gasteiger partial charge in [-0.15, -0.1) is 0 Å². The molecule has 0 heterocycles. The van der Waals surface area contributed by atoms with E-state index < -0.39 is 5.60 Å². The van der Waals surface area contributed by atoms with Gasteiger partial charge in [0.25, 0.3) is 0 Å². The maximum absolute atomic E-state index is 12.2. The summed E-state index contributed by atoms with van der Waals surface area (Å²) in [5.74, 6) is 1.83. The summed E-state index contributed by atoms with van der Waals surface area (Å²) in [5.41, 5.74) is 5.44. The highest BCUT2D eigenvalue weighted by atomic mass is 16.5. The van der Waals surface area contributed by atoms with Gasteiger partial charge in [0.2, 0.25) is 0 Å². The van der Waals surface area contributed by atoms with Crippen molar-refractivity contribution in [3.63, 3.8) is 0 Å². The molecule has 1 aromatic rings. The summed E-state index contributed by atoms with van der Waals surface area (Å²) in [6.45, 7) is 6.40. The van der Waals surface area contributed by atoms with Gasteiger partial charge in [-0.05, 0) is 85.3 Å². The molecule has 2 saturated carbocycles. The van der Waals surface area contributed by atoms with Gasteiger partial charge in [0.05, 0.1) is 7.11 Å². The molecular weight excluding hydrogens is 410 g/mol. The van der Waals surface area contributed by atoms with Crippen LogP contribution >= 0.6 is 0 Å². The summed E-state index contributed by atoms with van der Waals surface area (Å²) in [7, 11) is 5.75. The highest BCUT2D eigenvalue weighted by molar-refractivity contribution is 5.93. The minimum Gasteiger partial charge on any atom is -0.499 e. The van der Waals surface area contributed by atoms with Gasteiger partial charge >= 0.3 is 0 Å². The second-order valence-corrected chi connectivity index (χ2v) is 11.0. The molecule has 33 heavy (non-hydrogen) atoms. The number of carbonyl (C=O) groups excluding carboxylic acids is 1. The molecule has 0 spiro atoms. The first kappa shape index (κ1) is 22.5. The Morgan fingerprint density at radius 1 is 1.15 bits per heavy atom. The highest BCUT2D eigenvalue weighted by Crippen LogP contribution is 2.67. The smallest absolute Gasteiger partial charge is 0.156 e. The van der Waals surface area contributed by atoms with Crippen LogP contribution < -0.4 is 4.90 Å². The molecule has 0 amide bonds. The minimum absolute atomic E-state index is 0.230. The maximum Gasteiger partial charge on any atom is 0.156 e. The van der Waals surface area contributed by atoms with Crippen LogP contribution in [0, 0.1) is 17.3 Å². The molecule has 0 bridgehead atoms. The molecule has 5 rings (SSSR count). The van der Waals surface area contributed by atoms with Gasteiger partial charge in [0.15, 0.2) is 5.78 Å². The molecule has 0 saturated heterocycles. The van der Waals surface area contributed by atoms with Crippen molar-refractivity contribution in [2.24, 2.45) is 17.3 Å². The fraction of sp³-hybridized carbons (Fsp3) is 0.552. The number of allylic oxidation sites excluding steroid dienone is 4. The number of fused-ring (bicyclic) bond motifs is 4. The van der Waals surface area contributed by atoms with Gasteiger partial charge in [0, 0.05) is 37.5 Å². The van der Waals surface area contributed by atoms with Crippen LogP contribution in [0.3, 0.4) is 0 Å². The van der Waals surface area contributed by atoms with Crippen molar-refractivity contribution in [2.75, 3.05) is 26.1 Å². The van der Waals surface area contributed by atoms with E-state index in [9.17, 15) is 9.90 Å². The summed E-state index contributed by atoms with van der Waals surface area (Å²) < 4.78 is 5.56. The first-order valence-electron chi connectivity index (χ1n) is 12.4. The Kier molecular flexibility index (Phi) is 5.36. The van der Waals surface area contributed by atoms with Gasteiger partial charge in [-0.3, -0.25) is 4.79 Å². The lowest BCUT2D eigenvalue weighted by molar-refractivity contribution is -0.114. The SMILES string of the molecule is C=C(OC)[C@@]1(O)CCC2C3CCC4=CC(=O)CCC4=C3C(c3ccc(N(C)C)cc3)CC21C. The van der Waals surface area contributed by atoms with Gasteiger partial charge in [-0.1, -0.05) is 31.2 Å². The lowest BCUT2D eigenvalue weighted by atomic mass is 9.51. The molecule has 4 heteroatoms. The third-order valence-corrected chi connectivity index (χ3v) is 9.41. The van der Waals surface area contributed by atoms with E-state index >= 15 is 0 Å². The molecule has 4 nitrogen and oxygen atoms in total. The quantitative estimate of drug-likeness (QED) is 0.616. The zero-order chi connectivity index (χ0) is 23.5. The number of benzene rings is 1. The topological polar surface area (TPSA) is 49.8 Å². The van der Waals surface area contributed by atoms with Gasteiger partial charge in [-0.2, -0.15) is 0 Å². The molecule has 4 aliphatic rings. The number of hydrogen-bond acceptors (Lipinski definition) is 4. The molecule has 1 N–H and O–H groups in total. The van der Waals surface area contributed by atoms with Gasteiger partial charge in [-0.25, -0.2) is 0 Å². The van der Waals surface area contributed by atoms with Crippen molar-refractivity contribution in [1.29, 1.82) is 0 Å². The van der Waals surface area contributed by atoms with Crippen molar-refractivity contribution in [2.45, 2.75) is 63.4 Å². The van der Waals surface area contributed by atoms with E-state index in [-0.39, 0.29) is 17.1 Å². The van der Waals surface area contributed by atoms with Crippen LogP contribution in [0.5, 0.6) is 0 Å². The van der Waals surface area contributed by atoms with Crippen molar-refractivity contribution in [3.05, 3.63) is 65.0 Å². The van der Waals surface area contributed by atoms with Crippen molar-refractivity contribution in [3.8, 4) is 0 Å². The number of hydrogen-bond donors (Lipinski definition) is 1. The molecule has 1 aromatic carbocycles. The number of aliphatic hydroxyl groups is 1. The summed E-state index contributed by atoms with van der Waals surface area (Å²) in [6, 6.07) is 8.92. The Morgan fingerprint density at radius 2 is 1.88 bits per heavy atom. The molecular formula is C29H37NO3. The predicted molar refractivity (Wildman–Crippen MR) is 132 cm³/mol. The average Bonchev–Trinajstić information content (AvgIpc) is 3.09. The monoisotopic (exact) mass is 447 g/mol. The van der Waals surface area contributed by atoms with Crippen LogP contribution in [0.4, 0.5) is 5.69 Å². The second-order valence-electron chi connectivity index (χ2n) is 11.0. The Labute approximate surface area is 198 Å². The molecule has 0 aliphatic heterocycles. The molecule has 4 aliphatic carbocycles. The van der Waals surface area contributed by atoms with Crippen LogP contribution in [0.1, 0.15) is 63.4 Å². The Bertz CT molecular complexity index is 1050. The lowest BCUT2D eigenvalue weighted by Crippen LogP contribution is -2.52. The summed E-state index contributed by atoms with van der Waals surface area (Å²) in [6.07, 6.45) is 7.98. The van der Waals surface area contributed by atoms with E-state index in [1.807, 2.05) is 6.08 Å². The van der Waals surface area contributed by atoms with Crippen LogP contribution in [0.2, 0.25) is 0 Å². The molecule has 0 radical (unpaired) electrons. The maximum atomic E-state index is 12.2. The largest absolute Gasteiger partial charge is 0.499 e. The number of methoxy groups -OCH3 is 1. The number of rotatable bonds is 4. The van der Waals surface area contributed by atoms with E-state index in [2.05, 4.69) is 56.8 Å². The first-order chi connectivity index (χ1) is 15.7. The standard InChI is InChI=1S/C29H37NO3/c1-18(33-5)29(32)15-14-26-24-12-8-20-16-22(31)11-13-23(20)27(24)25(17-28(26,29)2)19-6-9-21(10-7-19)30(3)4/h6-7,9-10,16,24-26,32H,1,8,11-15,17H2,2-5H3/t24?,25?,26?,28?,29-/m0/s1. The van der Waals surface area contributed by atoms with E-state index in [1.165, 1.54) is 22.4 Å². The van der Waals surface area contributed by atoms with E-state index in [0.717, 1.165) is 32.1 Å². The summed E-state index contributed by atoms with van der Waals surface area (Å²) in [5, 5.41) is 11.9. The zero-order valence-corrected chi connectivity index (χ0v) is 20.5. The van der Waals surface area contributed by atoms with Gasteiger partial charge in [0.1, 0.15) is 11.4 Å². The van der Waals surface area contributed by atoms with E-state index in [1.54, 1.807) is 12.7 Å². The lowest BCUT2D eigenvalue weighted by Gasteiger charge is -2.54. The first-order valence-corrected chi connectivity index (χ1v) is 12.4. The average molecular weight is 448 g/mol. The summed E-state index contributed by atoms with van der Waals surface area (Å²) >= 11 is 0. The van der Waals surface area contributed by atoms with Crippen LogP contribution in [0.15, 0.2) is 59.4 Å². The third-order valence-electron chi connectivity index (χ3n) is 9.41. The summed E-state index contributed by atoms with van der Waals surface area (Å²) in [4.78, 5) is 14.3. The number of anilines is 1. The Hall–Kier alpha value is -2.33. The molecule has 0 aromatic heterocycles. The van der Waals surface area contributed by atoms with Crippen molar-refractivity contribution < 1.29 is 14.6 Å². The van der Waals surface area contributed by atoms with Crippen molar-refractivity contribution in [1.82, 2.24) is 0 Å². The fourth-order valence-electron chi connectivity index (χ4n) is 7.60. The predicted octanol–water partition coefficient (Wildman–Crippen LogP) is 5.54. The Balaban J connectivity index is 1.66. The minimum atomic E-state index is -1.01. The zero-order valence-electron chi connectivity index (χ0n) is 20.5. The molecule has 2 fully saturated rings. The van der Waals surface area contributed by atoms with Crippen LogP contribution in [0.25, 0.3) is 0 Å². The van der Waals surface area contributed by atoms with Gasteiger partial charge < -0.3 is 14.7 Å². The number of ketones is 1. The van der Waals surface area contributed by atoms with Crippen molar-refractivity contribution >= 4 is 11.5 Å². The third kappa shape index (κ3) is 3.24. The molecule has 5 atom stereocenters. The normalized spacial score (nSPS) is 35.4. The number of carbonyl (C=O) groups is 1. The van der Waals surface area contributed by atoms with Crippen LogP contribution in [-0.2, 0) is 9.53 Å². The van der Waals surface area contributed by atoms with E-state index in [0.29, 0.717) is 30.4 Å². The second kappa shape index (κ2) is 7.87.